The minimum Gasteiger partial charge on any atom is -0.185 e. The van der Waals surface area contributed by atoms with Crippen molar-refractivity contribution in [3.05, 3.63) is 17.0 Å². The lowest BCUT2D eigenvalue weighted by Gasteiger charge is -1.82. The highest BCUT2D eigenvalue weighted by Gasteiger charge is 1.96. The Labute approximate surface area is 68.7 Å². The van der Waals surface area contributed by atoms with Crippen LogP contribution >= 0.6 is 23.1 Å². The standard InChI is InChI=1S/C7H7NS2/c1-2-6-3-4-7(10-6)9-5-8/h3-4H,2H2,1H3. The summed E-state index contributed by atoms with van der Waals surface area (Å²) in [5.41, 5.74) is 0. The van der Waals surface area contributed by atoms with Gasteiger partial charge in [-0.3, -0.25) is 0 Å². The summed E-state index contributed by atoms with van der Waals surface area (Å²) in [6.07, 6.45) is 1.07. The first-order valence-corrected chi connectivity index (χ1v) is 4.64. The largest absolute Gasteiger partial charge is 0.185 e. The van der Waals surface area contributed by atoms with Crippen molar-refractivity contribution in [3.8, 4) is 5.40 Å². The Hall–Kier alpha value is -0.460. The van der Waals surface area contributed by atoms with Crippen LogP contribution in [0.25, 0.3) is 0 Å². The van der Waals surface area contributed by atoms with E-state index < -0.39 is 0 Å². The molecule has 1 aromatic heterocycles. The maximum atomic E-state index is 8.32. The molecule has 0 bridgehead atoms. The number of aryl methyl sites for hydroxylation is 1. The van der Waals surface area contributed by atoms with Crippen LogP contribution in [0.5, 0.6) is 0 Å². The summed E-state index contributed by atoms with van der Waals surface area (Å²) in [5.74, 6) is 0. The van der Waals surface area contributed by atoms with Crippen molar-refractivity contribution < 1.29 is 0 Å². The second kappa shape index (κ2) is 3.65. The van der Waals surface area contributed by atoms with Crippen LogP contribution in [0.15, 0.2) is 16.3 Å². The van der Waals surface area contributed by atoms with Gasteiger partial charge >= 0.3 is 0 Å². The summed E-state index contributed by atoms with van der Waals surface area (Å²) in [5, 5.41) is 10.4. The zero-order chi connectivity index (χ0) is 7.40. The van der Waals surface area contributed by atoms with Crippen LogP contribution < -0.4 is 0 Å². The fourth-order valence-electron chi connectivity index (χ4n) is 0.648. The van der Waals surface area contributed by atoms with Crippen LogP contribution in [0.3, 0.4) is 0 Å². The van der Waals surface area contributed by atoms with Crippen molar-refractivity contribution in [2.45, 2.75) is 17.6 Å². The van der Waals surface area contributed by atoms with E-state index in [0.717, 1.165) is 10.6 Å². The predicted octanol–water partition coefficient (Wildman–Crippen LogP) is 2.88. The average Bonchev–Trinajstić information content (AvgIpc) is 2.37. The summed E-state index contributed by atoms with van der Waals surface area (Å²) < 4.78 is 1.10. The molecule has 0 atom stereocenters. The molecular weight excluding hydrogens is 162 g/mol. The van der Waals surface area contributed by atoms with Gasteiger partial charge in [0.1, 0.15) is 5.40 Å². The SMILES string of the molecule is CCc1ccc(SC#N)s1. The van der Waals surface area contributed by atoms with Crippen molar-refractivity contribution in [2.24, 2.45) is 0 Å². The van der Waals surface area contributed by atoms with E-state index in [0.29, 0.717) is 0 Å². The molecule has 0 saturated carbocycles. The maximum absolute atomic E-state index is 8.32. The molecule has 3 heteroatoms. The van der Waals surface area contributed by atoms with Crippen molar-refractivity contribution in [1.82, 2.24) is 0 Å². The Bertz CT molecular complexity index is 246. The molecule has 0 fully saturated rings. The Morgan fingerprint density at radius 3 is 3.00 bits per heavy atom. The molecule has 0 unspecified atom stereocenters. The zero-order valence-corrected chi connectivity index (χ0v) is 7.26. The highest BCUT2D eigenvalue weighted by Crippen LogP contribution is 2.26. The van der Waals surface area contributed by atoms with E-state index in [1.807, 2.05) is 11.5 Å². The molecule has 52 valence electrons. The van der Waals surface area contributed by atoms with E-state index in [1.165, 1.54) is 16.6 Å². The van der Waals surface area contributed by atoms with E-state index in [9.17, 15) is 0 Å². The quantitative estimate of drug-likeness (QED) is 0.502. The number of hydrogen-bond donors (Lipinski definition) is 0. The Morgan fingerprint density at radius 2 is 2.50 bits per heavy atom. The molecule has 0 amide bonds. The third-order valence-electron chi connectivity index (χ3n) is 1.13. The molecule has 0 aromatic carbocycles. The monoisotopic (exact) mass is 169 g/mol. The van der Waals surface area contributed by atoms with Crippen LogP contribution in [-0.2, 0) is 6.42 Å². The van der Waals surface area contributed by atoms with Gasteiger partial charge < -0.3 is 0 Å². The first-order valence-electron chi connectivity index (χ1n) is 3.01. The summed E-state index contributed by atoms with van der Waals surface area (Å²) in [4.78, 5) is 1.35. The number of hydrogen-bond acceptors (Lipinski definition) is 3. The lowest BCUT2D eigenvalue weighted by Crippen LogP contribution is -1.63. The second-order valence-corrected chi connectivity index (χ2v) is 4.02. The molecule has 0 spiro atoms. The van der Waals surface area contributed by atoms with Gasteiger partial charge in [0.15, 0.2) is 0 Å². The first kappa shape index (κ1) is 7.64. The van der Waals surface area contributed by atoms with Gasteiger partial charge in [-0.05, 0) is 18.6 Å². The topological polar surface area (TPSA) is 23.8 Å². The number of nitriles is 1. The summed E-state index contributed by atoms with van der Waals surface area (Å²) in [6, 6.07) is 4.07. The van der Waals surface area contributed by atoms with Crippen LogP contribution in [-0.4, -0.2) is 0 Å². The Morgan fingerprint density at radius 1 is 1.70 bits per heavy atom. The summed E-state index contributed by atoms with van der Waals surface area (Å²) in [7, 11) is 0. The highest BCUT2D eigenvalue weighted by molar-refractivity contribution is 8.05. The molecule has 0 radical (unpaired) electrons. The molecule has 1 rings (SSSR count). The van der Waals surface area contributed by atoms with Crippen molar-refractivity contribution in [3.63, 3.8) is 0 Å². The van der Waals surface area contributed by atoms with Gasteiger partial charge in [0, 0.05) is 16.6 Å². The Kier molecular flexibility index (Phi) is 2.79. The molecule has 0 saturated heterocycles. The normalized spacial score (nSPS) is 9.20. The predicted molar refractivity (Wildman–Crippen MR) is 45.2 cm³/mol. The average molecular weight is 169 g/mol. The van der Waals surface area contributed by atoms with Crippen LogP contribution in [0.4, 0.5) is 0 Å². The smallest absolute Gasteiger partial charge is 0.139 e. The summed E-state index contributed by atoms with van der Waals surface area (Å²) >= 11 is 2.93. The van der Waals surface area contributed by atoms with E-state index in [1.54, 1.807) is 11.3 Å². The van der Waals surface area contributed by atoms with Gasteiger partial charge in [-0.2, -0.15) is 5.26 Å². The third kappa shape index (κ3) is 1.76. The van der Waals surface area contributed by atoms with Crippen LogP contribution in [0.2, 0.25) is 0 Å². The second-order valence-electron chi connectivity index (χ2n) is 1.77. The molecule has 1 heterocycles. The molecule has 0 aliphatic heterocycles. The maximum Gasteiger partial charge on any atom is 0.139 e. The van der Waals surface area contributed by atoms with Gasteiger partial charge in [0.25, 0.3) is 0 Å². The number of thiocyanates is 1. The molecular formula is C7H7NS2. The lowest BCUT2D eigenvalue weighted by molar-refractivity contribution is 1.19. The Balaban J connectivity index is 2.70. The number of nitrogens with zero attached hydrogens (tertiary/aromatic N) is 1. The fourth-order valence-corrected chi connectivity index (χ4v) is 2.15. The molecule has 1 nitrogen and oxygen atoms in total. The van der Waals surface area contributed by atoms with E-state index in [-0.39, 0.29) is 0 Å². The van der Waals surface area contributed by atoms with Gasteiger partial charge in [0.2, 0.25) is 0 Å². The summed E-state index contributed by atoms with van der Waals surface area (Å²) in [6.45, 7) is 2.12. The molecule has 0 N–H and O–H groups in total. The third-order valence-corrected chi connectivity index (χ3v) is 3.08. The zero-order valence-electron chi connectivity index (χ0n) is 5.63. The number of rotatable bonds is 2. The van der Waals surface area contributed by atoms with Gasteiger partial charge in [0.05, 0.1) is 4.21 Å². The fraction of sp³-hybridized carbons (Fsp3) is 0.286. The van der Waals surface area contributed by atoms with E-state index in [4.69, 9.17) is 5.26 Å². The number of thiophene rings is 1. The minimum atomic E-state index is 1.07. The van der Waals surface area contributed by atoms with Gasteiger partial charge in [-0.25, -0.2) is 0 Å². The van der Waals surface area contributed by atoms with Crippen molar-refractivity contribution in [2.75, 3.05) is 0 Å². The van der Waals surface area contributed by atoms with Crippen molar-refractivity contribution >= 4 is 23.1 Å². The molecule has 0 aliphatic rings. The number of thioether (sulfide) groups is 1. The molecule has 10 heavy (non-hydrogen) atoms. The van der Waals surface area contributed by atoms with Crippen LogP contribution in [0.1, 0.15) is 11.8 Å². The van der Waals surface area contributed by atoms with Gasteiger partial charge in [-0.15, -0.1) is 11.3 Å². The van der Waals surface area contributed by atoms with Crippen LogP contribution in [0, 0.1) is 10.7 Å². The van der Waals surface area contributed by atoms with E-state index in [2.05, 4.69) is 13.0 Å². The first-order chi connectivity index (χ1) is 4.86. The van der Waals surface area contributed by atoms with Gasteiger partial charge in [-0.1, -0.05) is 6.92 Å². The van der Waals surface area contributed by atoms with E-state index >= 15 is 0 Å². The minimum absolute atomic E-state index is 1.07. The highest BCUT2D eigenvalue weighted by atomic mass is 32.2. The molecule has 1 aromatic rings. The molecule has 0 aliphatic carbocycles. The van der Waals surface area contributed by atoms with Crippen molar-refractivity contribution in [1.29, 1.82) is 5.26 Å². The lowest BCUT2D eigenvalue weighted by atomic mass is 10.4.